The molecule has 1 unspecified atom stereocenters. The van der Waals surface area contributed by atoms with Gasteiger partial charge in [-0.3, -0.25) is 9.69 Å². The van der Waals surface area contributed by atoms with Crippen LogP contribution in [-0.2, 0) is 11.2 Å². The lowest BCUT2D eigenvalue weighted by Gasteiger charge is -2.22. The second-order valence-electron chi connectivity index (χ2n) is 5.78. The summed E-state index contributed by atoms with van der Waals surface area (Å²) < 4.78 is 5.43. The summed E-state index contributed by atoms with van der Waals surface area (Å²) >= 11 is 5.86. The van der Waals surface area contributed by atoms with E-state index in [9.17, 15) is 4.79 Å². The highest BCUT2D eigenvalue weighted by molar-refractivity contribution is 6.30. The maximum absolute atomic E-state index is 12.0. The Labute approximate surface area is 142 Å². The molecule has 4 nitrogen and oxygen atoms in total. The van der Waals surface area contributed by atoms with Gasteiger partial charge in [-0.1, -0.05) is 23.7 Å². The molecule has 0 radical (unpaired) electrons. The number of amides is 1. The zero-order chi connectivity index (χ0) is 16.7. The normalized spacial score (nSPS) is 12.3. The summed E-state index contributed by atoms with van der Waals surface area (Å²) in [6.45, 7) is 0.542. The number of aryl methyl sites for hydroxylation is 1. The molecule has 2 aromatic rings. The van der Waals surface area contributed by atoms with Crippen LogP contribution >= 0.6 is 11.6 Å². The number of likely N-dealkylation sites (N-methyl/N-ethyl adjacent to an activating group) is 1. The predicted molar refractivity (Wildman–Crippen MR) is 92.5 cm³/mol. The molecule has 0 bridgehead atoms. The standard InChI is InChI=1S/C18H23ClN2O2/c1-21(2)16(17-6-4-12-23-17)13-20-18(22)7-3-5-14-8-10-15(19)11-9-14/h4,6,8-12,16H,3,5,7,13H2,1-2H3,(H,20,22). The van der Waals surface area contributed by atoms with E-state index in [0.717, 1.165) is 23.6 Å². The Morgan fingerprint density at radius 1 is 1.26 bits per heavy atom. The molecule has 0 fully saturated rings. The Bertz CT molecular complexity index is 594. The monoisotopic (exact) mass is 334 g/mol. The number of nitrogens with one attached hydrogen (secondary N) is 1. The number of benzene rings is 1. The molecule has 1 amide bonds. The summed E-state index contributed by atoms with van der Waals surface area (Å²) in [5.41, 5.74) is 1.20. The maximum Gasteiger partial charge on any atom is 0.220 e. The second-order valence-corrected chi connectivity index (χ2v) is 6.22. The highest BCUT2D eigenvalue weighted by atomic mass is 35.5. The number of hydrogen-bond donors (Lipinski definition) is 1. The van der Waals surface area contributed by atoms with Gasteiger partial charge in [-0.15, -0.1) is 0 Å². The topological polar surface area (TPSA) is 45.5 Å². The summed E-state index contributed by atoms with van der Waals surface area (Å²) in [5.74, 6) is 0.925. The zero-order valence-electron chi connectivity index (χ0n) is 13.6. The van der Waals surface area contributed by atoms with E-state index in [-0.39, 0.29) is 11.9 Å². The molecule has 0 aliphatic rings. The van der Waals surface area contributed by atoms with Gasteiger partial charge < -0.3 is 9.73 Å². The van der Waals surface area contributed by atoms with Gasteiger partial charge in [0.25, 0.3) is 0 Å². The molecule has 124 valence electrons. The minimum Gasteiger partial charge on any atom is -0.468 e. The average molecular weight is 335 g/mol. The first-order valence-electron chi connectivity index (χ1n) is 7.77. The summed E-state index contributed by atoms with van der Waals surface area (Å²) in [7, 11) is 3.94. The molecule has 0 saturated carbocycles. The number of carbonyl (C=O) groups is 1. The van der Waals surface area contributed by atoms with Gasteiger partial charge in [0.15, 0.2) is 0 Å². The van der Waals surface area contributed by atoms with Gasteiger partial charge in [0.2, 0.25) is 5.91 Å². The molecule has 1 heterocycles. The quantitative estimate of drug-likeness (QED) is 0.801. The van der Waals surface area contributed by atoms with Crippen LogP contribution in [-0.4, -0.2) is 31.4 Å². The molecular weight excluding hydrogens is 312 g/mol. The Morgan fingerprint density at radius 3 is 2.61 bits per heavy atom. The fourth-order valence-corrected chi connectivity index (χ4v) is 2.55. The molecule has 1 aromatic carbocycles. The molecule has 0 aliphatic heterocycles. The first kappa shape index (κ1) is 17.6. The molecule has 1 aromatic heterocycles. The lowest BCUT2D eigenvalue weighted by Crippen LogP contribution is -2.34. The lowest BCUT2D eigenvalue weighted by atomic mass is 10.1. The Morgan fingerprint density at radius 2 is 2.00 bits per heavy atom. The Kier molecular flexibility index (Phi) is 6.68. The number of carbonyl (C=O) groups excluding carboxylic acids is 1. The summed E-state index contributed by atoms with van der Waals surface area (Å²) in [6, 6.07) is 11.6. The van der Waals surface area contributed by atoms with E-state index in [1.807, 2.05) is 55.4 Å². The SMILES string of the molecule is CN(C)C(CNC(=O)CCCc1ccc(Cl)cc1)c1ccco1. The number of halogens is 1. The zero-order valence-corrected chi connectivity index (χ0v) is 14.3. The van der Waals surface area contributed by atoms with E-state index in [1.54, 1.807) is 6.26 Å². The van der Waals surface area contributed by atoms with Crippen molar-refractivity contribution in [2.75, 3.05) is 20.6 Å². The molecule has 1 N–H and O–H groups in total. The van der Waals surface area contributed by atoms with E-state index < -0.39 is 0 Å². The van der Waals surface area contributed by atoms with Crippen LogP contribution in [0.2, 0.25) is 5.02 Å². The van der Waals surface area contributed by atoms with Crippen LogP contribution in [0.4, 0.5) is 0 Å². The lowest BCUT2D eigenvalue weighted by molar-refractivity contribution is -0.121. The van der Waals surface area contributed by atoms with Gasteiger partial charge in [-0.25, -0.2) is 0 Å². The first-order valence-corrected chi connectivity index (χ1v) is 8.15. The van der Waals surface area contributed by atoms with Crippen molar-refractivity contribution in [2.45, 2.75) is 25.3 Å². The number of furan rings is 1. The Balaban J connectivity index is 1.73. The van der Waals surface area contributed by atoms with E-state index in [4.69, 9.17) is 16.0 Å². The van der Waals surface area contributed by atoms with Crippen molar-refractivity contribution in [1.82, 2.24) is 10.2 Å². The largest absolute Gasteiger partial charge is 0.468 e. The molecule has 23 heavy (non-hydrogen) atoms. The summed E-state index contributed by atoms with van der Waals surface area (Å²) in [5, 5.41) is 3.72. The van der Waals surface area contributed by atoms with Gasteiger partial charge in [-0.05, 0) is 56.8 Å². The third-order valence-electron chi connectivity index (χ3n) is 3.77. The third-order valence-corrected chi connectivity index (χ3v) is 4.02. The number of rotatable bonds is 8. The highest BCUT2D eigenvalue weighted by Gasteiger charge is 2.17. The fraction of sp³-hybridized carbons (Fsp3) is 0.389. The predicted octanol–water partition coefficient (Wildman–Crippen LogP) is 3.67. The van der Waals surface area contributed by atoms with E-state index in [0.29, 0.717) is 13.0 Å². The summed E-state index contributed by atoms with van der Waals surface area (Å²) in [4.78, 5) is 14.0. The van der Waals surface area contributed by atoms with Crippen LogP contribution < -0.4 is 5.32 Å². The molecule has 2 rings (SSSR count). The molecule has 0 spiro atoms. The van der Waals surface area contributed by atoms with Crippen molar-refractivity contribution >= 4 is 17.5 Å². The molecule has 0 saturated heterocycles. The van der Waals surface area contributed by atoms with E-state index >= 15 is 0 Å². The Hall–Kier alpha value is -1.78. The highest BCUT2D eigenvalue weighted by Crippen LogP contribution is 2.17. The van der Waals surface area contributed by atoms with Crippen LogP contribution in [0.1, 0.15) is 30.2 Å². The second kappa shape index (κ2) is 8.75. The third kappa shape index (κ3) is 5.73. The van der Waals surface area contributed by atoms with Gasteiger partial charge in [-0.2, -0.15) is 0 Å². The average Bonchev–Trinajstić information content (AvgIpc) is 3.03. The fourth-order valence-electron chi connectivity index (χ4n) is 2.42. The van der Waals surface area contributed by atoms with Crippen molar-refractivity contribution in [3.05, 3.63) is 59.0 Å². The molecule has 5 heteroatoms. The van der Waals surface area contributed by atoms with Crippen LogP contribution in [0.5, 0.6) is 0 Å². The van der Waals surface area contributed by atoms with Gasteiger partial charge in [0, 0.05) is 18.0 Å². The maximum atomic E-state index is 12.0. The van der Waals surface area contributed by atoms with Crippen molar-refractivity contribution in [2.24, 2.45) is 0 Å². The van der Waals surface area contributed by atoms with Crippen molar-refractivity contribution in [1.29, 1.82) is 0 Å². The molecule has 1 atom stereocenters. The van der Waals surface area contributed by atoms with E-state index in [1.165, 1.54) is 5.56 Å². The molecule has 0 aliphatic carbocycles. The van der Waals surface area contributed by atoms with Gasteiger partial charge in [0.1, 0.15) is 5.76 Å². The first-order chi connectivity index (χ1) is 11.1. The number of nitrogens with zero attached hydrogens (tertiary/aromatic N) is 1. The van der Waals surface area contributed by atoms with Crippen LogP contribution in [0, 0.1) is 0 Å². The van der Waals surface area contributed by atoms with Gasteiger partial charge >= 0.3 is 0 Å². The minimum absolute atomic E-state index is 0.0465. The summed E-state index contributed by atoms with van der Waals surface area (Å²) in [6.07, 6.45) is 3.86. The van der Waals surface area contributed by atoms with Crippen molar-refractivity contribution < 1.29 is 9.21 Å². The van der Waals surface area contributed by atoms with Crippen molar-refractivity contribution in [3.8, 4) is 0 Å². The van der Waals surface area contributed by atoms with E-state index in [2.05, 4.69) is 5.32 Å². The number of hydrogen-bond acceptors (Lipinski definition) is 3. The minimum atomic E-state index is 0.0465. The molecular formula is C18H23ClN2O2. The van der Waals surface area contributed by atoms with Gasteiger partial charge in [0.05, 0.1) is 12.3 Å². The smallest absolute Gasteiger partial charge is 0.220 e. The van der Waals surface area contributed by atoms with Crippen molar-refractivity contribution in [3.63, 3.8) is 0 Å². The van der Waals surface area contributed by atoms with Crippen LogP contribution in [0.15, 0.2) is 47.1 Å². The van der Waals surface area contributed by atoms with Crippen LogP contribution in [0.3, 0.4) is 0 Å². The van der Waals surface area contributed by atoms with Crippen LogP contribution in [0.25, 0.3) is 0 Å².